The molecular weight excluding hydrogens is 316 g/mol. The Hall–Kier alpha value is -0.840. The van der Waals surface area contributed by atoms with E-state index in [0.29, 0.717) is 29.3 Å². The van der Waals surface area contributed by atoms with E-state index in [0.717, 1.165) is 10.0 Å². The van der Waals surface area contributed by atoms with Crippen molar-refractivity contribution in [1.82, 2.24) is 10.3 Å². The highest BCUT2D eigenvalue weighted by atomic mass is 79.9. The Bertz CT molecular complexity index is 540. The Labute approximate surface area is 120 Å². The van der Waals surface area contributed by atoms with Gasteiger partial charge in [0.2, 0.25) is 5.89 Å². The average molecular weight is 330 g/mol. The van der Waals surface area contributed by atoms with Crippen LogP contribution in [0.4, 0.5) is 0 Å². The highest BCUT2D eigenvalue weighted by molar-refractivity contribution is 9.10. The summed E-state index contributed by atoms with van der Waals surface area (Å²) in [5, 5.41) is 3.89. The van der Waals surface area contributed by atoms with E-state index in [1.807, 2.05) is 18.2 Å². The second-order valence-electron chi connectivity index (χ2n) is 4.26. The summed E-state index contributed by atoms with van der Waals surface area (Å²) in [5.74, 6) is 1.34. The van der Waals surface area contributed by atoms with Gasteiger partial charge in [0.05, 0.1) is 17.8 Å². The molecule has 3 nitrogen and oxygen atoms in total. The van der Waals surface area contributed by atoms with E-state index in [9.17, 15) is 0 Å². The van der Waals surface area contributed by atoms with E-state index in [2.05, 4.69) is 40.1 Å². The normalized spacial score (nSPS) is 11.2. The molecule has 1 heterocycles. The van der Waals surface area contributed by atoms with Gasteiger partial charge in [0.15, 0.2) is 5.76 Å². The van der Waals surface area contributed by atoms with E-state index in [4.69, 9.17) is 16.0 Å². The monoisotopic (exact) mass is 328 g/mol. The van der Waals surface area contributed by atoms with Gasteiger partial charge in [0, 0.05) is 16.1 Å². The van der Waals surface area contributed by atoms with Crippen molar-refractivity contribution < 1.29 is 4.42 Å². The van der Waals surface area contributed by atoms with E-state index >= 15 is 0 Å². The molecule has 0 aliphatic carbocycles. The summed E-state index contributed by atoms with van der Waals surface area (Å²) in [7, 11) is 0. The summed E-state index contributed by atoms with van der Waals surface area (Å²) in [4.78, 5) is 4.23. The van der Waals surface area contributed by atoms with Crippen LogP contribution in [0, 0.1) is 0 Å². The first-order valence-corrected chi connectivity index (χ1v) is 6.87. The molecule has 0 radical (unpaired) electrons. The zero-order valence-electron chi connectivity index (χ0n) is 10.2. The van der Waals surface area contributed by atoms with Gasteiger partial charge in [0.25, 0.3) is 0 Å². The third kappa shape index (κ3) is 3.13. The van der Waals surface area contributed by atoms with E-state index in [-0.39, 0.29) is 0 Å². The minimum absolute atomic E-state index is 0.398. The lowest BCUT2D eigenvalue weighted by Gasteiger charge is -2.04. The lowest BCUT2D eigenvalue weighted by Crippen LogP contribution is -2.21. The number of hydrogen-bond donors (Lipinski definition) is 1. The van der Waals surface area contributed by atoms with Crippen LogP contribution < -0.4 is 5.32 Å². The minimum atomic E-state index is 0.398. The average Bonchev–Trinajstić information content (AvgIpc) is 2.78. The molecule has 0 atom stereocenters. The summed E-state index contributed by atoms with van der Waals surface area (Å²) >= 11 is 9.61. The van der Waals surface area contributed by atoms with E-state index in [1.54, 1.807) is 6.20 Å². The maximum Gasteiger partial charge on any atom is 0.208 e. The number of oxazole rings is 1. The van der Waals surface area contributed by atoms with Gasteiger partial charge in [-0.3, -0.25) is 0 Å². The van der Waals surface area contributed by atoms with Gasteiger partial charge in [-0.25, -0.2) is 4.98 Å². The van der Waals surface area contributed by atoms with Crippen LogP contribution in [0.1, 0.15) is 19.7 Å². The maximum atomic E-state index is 6.21. The molecule has 0 aliphatic heterocycles. The van der Waals surface area contributed by atoms with E-state index in [1.165, 1.54) is 0 Å². The zero-order valence-corrected chi connectivity index (χ0v) is 12.5. The van der Waals surface area contributed by atoms with Crippen LogP contribution in [-0.4, -0.2) is 11.0 Å². The molecule has 0 fully saturated rings. The largest absolute Gasteiger partial charge is 0.439 e. The van der Waals surface area contributed by atoms with Gasteiger partial charge in [-0.15, -0.1) is 0 Å². The topological polar surface area (TPSA) is 38.1 Å². The number of nitrogens with zero attached hydrogens (tertiary/aromatic N) is 1. The predicted octanol–water partition coefficient (Wildman–Crippen LogP) is 4.26. The second-order valence-corrected chi connectivity index (χ2v) is 5.49. The summed E-state index contributed by atoms with van der Waals surface area (Å²) in [6.07, 6.45) is 1.70. The van der Waals surface area contributed by atoms with Crippen molar-refractivity contribution in [3.05, 3.63) is 39.8 Å². The molecule has 0 saturated carbocycles. The van der Waals surface area contributed by atoms with Crippen LogP contribution >= 0.6 is 27.5 Å². The van der Waals surface area contributed by atoms with Crippen molar-refractivity contribution in [3.8, 4) is 11.3 Å². The highest BCUT2D eigenvalue weighted by Gasteiger charge is 2.11. The third-order valence-corrected chi connectivity index (χ3v) is 3.73. The second kappa shape index (κ2) is 5.87. The number of nitrogens with one attached hydrogen (secondary N) is 1. The van der Waals surface area contributed by atoms with Crippen molar-refractivity contribution in [3.63, 3.8) is 0 Å². The summed E-state index contributed by atoms with van der Waals surface area (Å²) in [6.45, 7) is 4.77. The summed E-state index contributed by atoms with van der Waals surface area (Å²) in [6, 6.07) is 6.12. The first-order chi connectivity index (χ1) is 8.58. The number of aromatic nitrogens is 1. The molecule has 96 valence electrons. The summed E-state index contributed by atoms with van der Waals surface area (Å²) in [5.41, 5.74) is 0.842. The lowest BCUT2D eigenvalue weighted by atomic mass is 10.2. The van der Waals surface area contributed by atoms with Crippen LogP contribution in [0.25, 0.3) is 11.3 Å². The Kier molecular flexibility index (Phi) is 4.43. The van der Waals surface area contributed by atoms with Crippen LogP contribution in [0.2, 0.25) is 5.02 Å². The van der Waals surface area contributed by atoms with E-state index < -0.39 is 0 Å². The van der Waals surface area contributed by atoms with Gasteiger partial charge in [0.1, 0.15) is 0 Å². The van der Waals surface area contributed by atoms with Crippen molar-refractivity contribution in [2.75, 3.05) is 0 Å². The van der Waals surface area contributed by atoms with Gasteiger partial charge in [-0.05, 0) is 28.1 Å². The van der Waals surface area contributed by atoms with Gasteiger partial charge in [-0.2, -0.15) is 0 Å². The Morgan fingerprint density at radius 3 is 2.94 bits per heavy atom. The quantitative estimate of drug-likeness (QED) is 0.911. The lowest BCUT2D eigenvalue weighted by molar-refractivity contribution is 0.459. The van der Waals surface area contributed by atoms with Crippen LogP contribution in [0.15, 0.2) is 33.3 Å². The fraction of sp³-hybridized carbons (Fsp3) is 0.308. The molecule has 18 heavy (non-hydrogen) atoms. The molecule has 1 aromatic heterocycles. The summed E-state index contributed by atoms with van der Waals surface area (Å²) < 4.78 is 6.52. The SMILES string of the molecule is CC(C)NCc1ncc(-c2cccc(Br)c2Cl)o1. The maximum absolute atomic E-state index is 6.21. The first kappa shape index (κ1) is 13.6. The smallest absolute Gasteiger partial charge is 0.208 e. The molecule has 5 heteroatoms. The molecule has 1 aromatic carbocycles. The first-order valence-electron chi connectivity index (χ1n) is 5.70. The van der Waals surface area contributed by atoms with Crippen LogP contribution in [0.3, 0.4) is 0 Å². The third-order valence-electron chi connectivity index (χ3n) is 2.43. The molecule has 0 amide bonds. The van der Waals surface area contributed by atoms with Crippen LogP contribution in [-0.2, 0) is 6.54 Å². The Morgan fingerprint density at radius 2 is 2.22 bits per heavy atom. The fourth-order valence-electron chi connectivity index (χ4n) is 1.50. The van der Waals surface area contributed by atoms with Gasteiger partial charge in [-0.1, -0.05) is 31.5 Å². The molecule has 1 N–H and O–H groups in total. The van der Waals surface area contributed by atoms with Gasteiger partial charge >= 0.3 is 0 Å². The number of halogens is 2. The van der Waals surface area contributed by atoms with Crippen molar-refractivity contribution in [2.45, 2.75) is 26.4 Å². The molecule has 0 spiro atoms. The van der Waals surface area contributed by atoms with Crippen LogP contribution in [0.5, 0.6) is 0 Å². The number of rotatable bonds is 4. The Balaban J connectivity index is 2.21. The number of hydrogen-bond acceptors (Lipinski definition) is 3. The molecule has 0 aliphatic rings. The molecule has 0 bridgehead atoms. The molecule has 2 aromatic rings. The highest BCUT2D eigenvalue weighted by Crippen LogP contribution is 2.33. The van der Waals surface area contributed by atoms with Crippen molar-refractivity contribution >= 4 is 27.5 Å². The molecule has 0 saturated heterocycles. The minimum Gasteiger partial charge on any atom is -0.439 e. The zero-order chi connectivity index (χ0) is 13.1. The molecular formula is C13H14BrClN2O. The number of benzene rings is 1. The Morgan fingerprint density at radius 1 is 1.44 bits per heavy atom. The standard InChI is InChI=1S/C13H14BrClN2O/c1-8(2)16-7-12-17-6-11(18-12)9-4-3-5-10(14)13(9)15/h3-6,8,16H,7H2,1-2H3. The molecule has 0 unspecified atom stereocenters. The van der Waals surface area contributed by atoms with Gasteiger partial charge < -0.3 is 9.73 Å². The van der Waals surface area contributed by atoms with Crippen molar-refractivity contribution in [1.29, 1.82) is 0 Å². The molecule has 2 rings (SSSR count). The predicted molar refractivity (Wildman–Crippen MR) is 76.6 cm³/mol. The fourth-order valence-corrected chi connectivity index (χ4v) is 2.09. The van der Waals surface area contributed by atoms with Crippen molar-refractivity contribution in [2.24, 2.45) is 0 Å².